The third-order valence-electron chi connectivity index (χ3n) is 3.83. The standard InChI is InChI=1S/C11H22N2/c1-9(12-2)7-13-8-10-3-5-11(13)6-4-10/h9-12H,3-8H2,1-2H3. The average Bonchev–Trinajstić information content (AvgIpc) is 2.19. The Balaban J connectivity index is 1.86. The minimum atomic E-state index is 0.652. The van der Waals surface area contributed by atoms with E-state index in [-0.39, 0.29) is 0 Å². The molecule has 2 heterocycles. The molecule has 3 fully saturated rings. The molecule has 2 heteroatoms. The Labute approximate surface area is 81.7 Å². The second kappa shape index (κ2) is 3.97. The van der Waals surface area contributed by atoms with Gasteiger partial charge in [0.05, 0.1) is 0 Å². The lowest BCUT2D eigenvalue weighted by Crippen LogP contribution is -2.51. The number of rotatable bonds is 3. The fraction of sp³-hybridized carbons (Fsp3) is 1.00. The van der Waals surface area contributed by atoms with Crippen LogP contribution < -0.4 is 5.32 Å². The summed E-state index contributed by atoms with van der Waals surface area (Å²) in [4.78, 5) is 2.71. The highest BCUT2D eigenvalue weighted by molar-refractivity contribution is 4.88. The predicted octanol–water partition coefficient (Wildman–Crippen LogP) is 1.47. The second-order valence-corrected chi connectivity index (χ2v) is 4.82. The summed E-state index contributed by atoms with van der Waals surface area (Å²) >= 11 is 0. The Morgan fingerprint density at radius 2 is 2.00 bits per heavy atom. The molecule has 1 unspecified atom stereocenters. The number of hydrogen-bond acceptors (Lipinski definition) is 2. The molecule has 0 aromatic carbocycles. The minimum absolute atomic E-state index is 0.652. The second-order valence-electron chi connectivity index (χ2n) is 4.82. The van der Waals surface area contributed by atoms with Gasteiger partial charge in [-0.25, -0.2) is 0 Å². The Morgan fingerprint density at radius 3 is 2.46 bits per heavy atom. The maximum absolute atomic E-state index is 3.33. The summed E-state index contributed by atoms with van der Waals surface area (Å²) in [5.74, 6) is 1.02. The minimum Gasteiger partial charge on any atom is -0.316 e. The van der Waals surface area contributed by atoms with Gasteiger partial charge in [0.1, 0.15) is 0 Å². The van der Waals surface area contributed by atoms with E-state index in [0.717, 1.165) is 12.0 Å². The zero-order valence-corrected chi connectivity index (χ0v) is 8.92. The maximum Gasteiger partial charge on any atom is 0.0163 e. The zero-order chi connectivity index (χ0) is 9.26. The fourth-order valence-corrected chi connectivity index (χ4v) is 2.84. The highest BCUT2D eigenvalue weighted by Crippen LogP contribution is 2.34. The molecule has 2 saturated heterocycles. The van der Waals surface area contributed by atoms with E-state index in [0.29, 0.717) is 6.04 Å². The molecule has 0 amide bonds. The van der Waals surface area contributed by atoms with E-state index in [9.17, 15) is 0 Å². The third-order valence-corrected chi connectivity index (χ3v) is 3.83. The van der Waals surface area contributed by atoms with Crippen LogP contribution in [0.15, 0.2) is 0 Å². The number of piperidine rings is 2. The van der Waals surface area contributed by atoms with Crippen molar-refractivity contribution in [3.63, 3.8) is 0 Å². The van der Waals surface area contributed by atoms with Crippen LogP contribution in [0, 0.1) is 5.92 Å². The first-order valence-corrected chi connectivity index (χ1v) is 5.71. The smallest absolute Gasteiger partial charge is 0.0163 e. The molecule has 1 N–H and O–H groups in total. The van der Waals surface area contributed by atoms with Gasteiger partial charge in [0.15, 0.2) is 0 Å². The summed E-state index contributed by atoms with van der Waals surface area (Å²) in [5.41, 5.74) is 0. The molecule has 0 aromatic heterocycles. The molecule has 3 rings (SSSR count). The van der Waals surface area contributed by atoms with Crippen molar-refractivity contribution < 1.29 is 0 Å². The van der Waals surface area contributed by atoms with Crippen LogP contribution >= 0.6 is 0 Å². The molecule has 1 atom stereocenters. The van der Waals surface area contributed by atoms with Crippen LogP contribution in [-0.2, 0) is 0 Å². The predicted molar refractivity (Wildman–Crippen MR) is 55.8 cm³/mol. The van der Waals surface area contributed by atoms with Crippen LogP contribution in [0.25, 0.3) is 0 Å². The lowest BCUT2D eigenvalue weighted by atomic mass is 9.80. The molecule has 0 spiro atoms. The van der Waals surface area contributed by atoms with Crippen molar-refractivity contribution in [3.8, 4) is 0 Å². The lowest BCUT2D eigenvalue weighted by Gasteiger charge is -2.46. The molecule has 1 aliphatic carbocycles. The average molecular weight is 182 g/mol. The summed E-state index contributed by atoms with van der Waals surface area (Å²) in [5, 5.41) is 3.33. The Kier molecular flexibility index (Phi) is 2.89. The summed E-state index contributed by atoms with van der Waals surface area (Å²) in [6.07, 6.45) is 5.91. The Bertz CT molecular complexity index is 161. The Morgan fingerprint density at radius 1 is 1.31 bits per heavy atom. The van der Waals surface area contributed by atoms with Crippen molar-refractivity contribution in [2.45, 2.75) is 44.7 Å². The molecule has 13 heavy (non-hydrogen) atoms. The lowest BCUT2D eigenvalue weighted by molar-refractivity contribution is 0.0434. The van der Waals surface area contributed by atoms with Crippen molar-refractivity contribution in [2.24, 2.45) is 5.92 Å². The van der Waals surface area contributed by atoms with Crippen LogP contribution in [0.3, 0.4) is 0 Å². The van der Waals surface area contributed by atoms with E-state index in [2.05, 4.69) is 24.2 Å². The normalized spacial score (nSPS) is 36.5. The summed E-state index contributed by atoms with van der Waals surface area (Å²) in [6.45, 7) is 4.90. The Hall–Kier alpha value is -0.0800. The van der Waals surface area contributed by atoms with Crippen LogP contribution in [0.1, 0.15) is 32.6 Å². The molecule has 2 aliphatic heterocycles. The van der Waals surface area contributed by atoms with Crippen LogP contribution in [0.5, 0.6) is 0 Å². The highest BCUT2D eigenvalue weighted by atomic mass is 15.2. The van der Waals surface area contributed by atoms with Gasteiger partial charge in [-0.1, -0.05) is 0 Å². The van der Waals surface area contributed by atoms with E-state index in [4.69, 9.17) is 0 Å². The third kappa shape index (κ3) is 2.05. The van der Waals surface area contributed by atoms with Crippen LogP contribution in [0.4, 0.5) is 0 Å². The number of hydrogen-bond donors (Lipinski definition) is 1. The van der Waals surface area contributed by atoms with Gasteiger partial charge in [-0.3, -0.25) is 4.90 Å². The van der Waals surface area contributed by atoms with E-state index in [1.165, 1.54) is 38.8 Å². The molecule has 3 aliphatic rings. The van der Waals surface area contributed by atoms with E-state index in [1.54, 1.807) is 0 Å². The molecule has 76 valence electrons. The van der Waals surface area contributed by atoms with Crippen molar-refractivity contribution in [1.29, 1.82) is 0 Å². The van der Waals surface area contributed by atoms with Gasteiger partial charge in [-0.05, 0) is 45.6 Å². The first-order valence-electron chi connectivity index (χ1n) is 5.71. The van der Waals surface area contributed by atoms with Crippen molar-refractivity contribution in [1.82, 2.24) is 10.2 Å². The van der Waals surface area contributed by atoms with E-state index in [1.807, 2.05) is 0 Å². The molecule has 2 nitrogen and oxygen atoms in total. The molecule has 2 bridgehead atoms. The van der Waals surface area contributed by atoms with Crippen molar-refractivity contribution in [2.75, 3.05) is 20.1 Å². The van der Waals surface area contributed by atoms with Gasteiger partial charge >= 0.3 is 0 Å². The number of likely N-dealkylation sites (N-methyl/N-ethyl adjacent to an activating group) is 1. The van der Waals surface area contributed by atoms with Gasteiger partial charge in [-0.2, -0.15) is 0 Å². The van der Waals surface area contributed by atoms with Crippen LogP contribution in [-0.4, -0.2) is 37.1 Å². The summed E-state index contributed by atoms with van der Waals surface area (Å²) < 4.78 is 0. The van der Waals surface area contributed by atoms with Crippen LogP contribution in [0.2, 0.25) is 0 Å². The van der Waals surface area contributed by atoms with Crippen molar-refractivity contribution >= 4 is 0 Å². The first kappa shape index (κ1) is 9.47. The monoisotopic (exact) mass is 182 g/mol. The van der Waals surface area contributed by atoms with Gasteiger partial charge in [0, 0.05) is 25.2 Å². The summed E-state index contributed by atoms with van der Waals surface area (Å²) in [6, 6.07) is 1.57. The quantitative estimate of drug-likeness (QED) is 0.711. The van der Waals surface area contributed by atoms with E-state index < -0.39 is 0 Å². The van der Waals surface area contributed by atoms with Gasteiger partial charge in [0.25, 0.3) is 0 Å². The fourth-order valence-electron chi connectivity index (χ4n) is 2.84. The van der Waals surface area contributed by atoms with Gasteiger partial charge in [-0.15, -0.1) is 0 Å². The zero-order valence-electron chi connectivity index (χ0n) is 8.92. The van der Waals surface area contributed by atoms with Gasteiger partial charge < -0.3 is 5.32 Å². The molecule has 0 aromatic rings. The summed E-state index contributed by atoms with van der Waals surface area (Å²) in [7, 11) is 2.06. The van der Waals surface area contributed by atoms with E-state index >= 15 is 0 Å². The number of nitrogens with zero attached hydrogens (tertiary/aromatic N) is 1. The molecule has 1 saturated carbocycles. The van der Waals surface area contributed by atoms with Gasteiger partial charge in [0.2, 0.25) is 0 Å². The molecular weight excluding hydrogens is 160 g/mol. The first-order chi connectivity index (χ1) is 6.29. The number of nitrogens with one attached hydrogen (secondary N) is 1. The molecule has 0 radical (unpaired) electrons. The largest absolute Gasteiger partial charge is 0.316 e. The highest BCUT2D eigenvalue weighted by Gasteiger charge is 2.33. The number of fused-ring (bicyclic) bond motifs is 3. The SMILES string of the molecule is CNC(C)CN1CC2CCC1CC2. The van der Waals surface area contributed by atoms with Crippen molar-refractivity contribution in [3.05, 3.63) is 0 Å². The maximum atomic E-state index is 3.33. The topological polar surface area (TPSA) is 15.3 Å². The molecular formula is C11H22N2.